The maximum atomic E-state index is 11.6. The standard InChI is InChI=1S/C11H16N2O2/c1-2-13-9-7-5-3-4-6-8(9)12-10(14)11(13)15/h2-7H2,1H3,(H,12,14). The molecule has 1 aromatic heterocycles. The highest BCUT2D eigenvalue weighted by Crippen LogP contribution is 2.16. The molecule has 0 fully saturated rings. The van der Waals surface area contributed by atoms with E-state index in [-0.39, 0.29) is 0 Å². The van der Waals surface area contributed by atoms with Crippen molar-refractivity contribution < 1.29 is 0 Å². The monoisotopic (exact) mass is 208 g/mol. The normalized spacial score (nSPS) is 15.8. The zero-order valence-corrected chi connectivity index (χ0v) is 9.01. The van der Waals surface area contributed by atoms with E-state index in [2.05, 4.69) is 4.98 Å². The van der Waals surface area contributed by atoms with Crippen LogP contribution in [-0.4, -0.2) is 9.55 Å². The van der Waals surface area contributed by atoms with Crippen molar-refractivity contribution in [2.75, 3.05) is 0 Å². The summed E-state index contributed by atoms with van der Waals surface area (Å²) in [5.74, 6) is 0. The van der Waals surface area contributed by atoms with Crippen LogP contribution in [-0.2, 0) is 19.4 Å². The number of rotatable bonds is 1. The molecule has 0 unspecified atom stereocenters. The first-order valence-electron chi connectivity index (χ1n) is 5.59. The third-order valence-electron chi connectivity index (χ3n) is 3.03. The number of hydrogen-bond donors (Lipinski definition) is 1. The molecule has 0 saturated heterocycles. The molecule has 1 aromatic rings. The SMILES string of the molecule is CCn1c2c([nH]c(=O)c1=O)CCCCC2. The van der Waals surface area contributed by atoms with Crippen LogP contribution in [0.4, 0.5) is 0 Å². The predicted octanol–water partition coefficient (Wildman–Crippen LogP) is 0.825. The Labute approximate surface area is 88.0 Å². The first-order chi connectivity index (χ1) is 7.24. The van der Waals surface area contributed by atoms with Gasteiger partial charge in [-0.2, -0.15) is 0 Å². The molecule has 4 nitrogen and oxygen atoms in total. The Kier molecular flexibility index (Phi) is 2.75. The second-order valence-corrected chi connectivity index (χ2v) is 3.99. The van der Waals surface area contributed by atoms with Gasteiger partial charge in [-0.1, -0.05) is 6.42 Å². The van der Waals surface area contributed by atoms with Crippen LogP contribution in [0.15, 0.2) is 9.59 Å². The van der Waals surface area contributed by atoms with Gasteiger partial charge in [-0.25, -0.2) is 0 Å². The first-order valence-corrected chi connectivity index (χ1v) is 5.59. The zero-order chi connectivity index (χ0) is 10.8. The maximum Gasteiger partial charge on any atom is 0.316 e. The molecule has 1 heterocycles. The molecule has 0 bridgehead atoms. The van der Waals surface area contributed by atoms with Crippen LogP contribution in [0.3, 0.4) is 0 Å². The van der Waals surface area contributed by atoms with E-state index in [0.717, 1.165) is 37.1 Å². The lowest BCUT2D eigenvalue weighted by Gasteiger charge is -2.12. The molecule has 0 saturated carbocycles. The van der Waals surface area contributed by atoms with Crippen molar-refractivity contribution in [2.45, 2.75) is 45.6 Å². The van der Waals surface area contributed by atoms with E-state index in [9.17, 15) is 9.59 Å². The summed E-state index contributed by atoms with van der Waals surface area (Å²) in [6.45, 7) is 2.50. The van der Waals surface area contributed by atoms with Crippen molar-refractivity contribution in [1.82, 2.24) is 9.55 Å². The Morgan fingerprint density at radius 1 is 1.20 bits per heavy atom. The number of nitrogens with zero attached hydrogens (tertiary/aromatic N) is 1. The molecule has 0 atom stereocenters. The van der Waals surface area contributed by atoms with E-state index in [0.29, 0.717) is 6.54 Å². The summed E-state index contributed by atoms with van der Waals surface area (Å²) in [5, 5.41) is 0. The Hall–Kier alpha value is -1.32. The highest BCUT2D eigenvalue weighted by atomic mass is 16.2. The molecule has 4 heteroatoms. The van der Waals surface area contributed by atoms with E-state index in [4.69, 9.17) is 0 Å². The Balaban J connectivity index is 2.67. The zero-order valence-electron chi connectivity index (χ0n) is 9.01. The van der Waals surface area contributed by atoms with E-state index < -0.39 is 11.1 Å². The second-order valence-electron chi connectivity index (χ2n) is 3.99. The van der Waals surface area contributed by atoms with Crippen molar-refractivity contribution in [2.24, 2.45) is 0 Å². The van der Waals surface area contributed by atoms with Crippen molar-refractivity contribution >= 4 is 0 Å². The van der Waals surface area contributed by atoms with Crippen LogP contribution >= 0.6 is 0 Å². The number of aryl methyl sites for hydroxylation is 1. The average molecular weight is 208 g/mol. The van der Waals surface area contributed by atoms with Gasteiger partial charge in [0.1, 0.15) is 0 Å². The van der Waals surface area contributed by atoms with Gasteiger partial charge in [-0.3, -0.25) is 9.59 Å². The summed E-state index contributed by atoms with van der Waals surface area (Å²) < 4.78 is 1.62. The summed E-state index contributed by atoms with van der Waals surface area (Å²) in [6.07, 6.45) is 5.19. The van der Waals surface area contributed by atoms with Gasteiger partial charge in [0, 0.05) is 17.9 Å². The van der Waals surface area contributed by atoms with Crippen LogP contribution in [0, 0.1) is 0 Å². The van der Waals surface area contributed by atoms with E-state index in [1.165, 1.54) is 6.42 Å². The Bertz CT molecular complexity index is 470. The second kappa shape index (κ2) is 4.04. The van der Waals surface area contributed by atoms with Crippen LogP contribution in [0.5, 0.6) is 0 Å². The number of fused-ring (bicyclic) bond motifs is 1. The van der Waals surface area contributed by atoms with Crippen LogP contribution < -0.4 is 11.1 Å². The topological polar surface area (TPSA) is 54.9 Å². The summed E-state index contributed by atoms with van der Waals surface area (Å²) in [4.78, 5) is 25.7. The predicted molar refractivity (Wildman–Crippen MR) is 58.3 cm³/mol. The summed E-state index contributed by atoms with van der Waals surface area (Å²) >= 11 is 0. The molecule has 15 heavy (non-hydrogen) atoms. The van der Waals surface area contributed by atoms with Crippen LogP contribution in [0.2, 0.25) is 0 Å². The van der Waals surface area contributed by atoms with Crippen LogP contribution in [0.1, 0.15) is 37.6 Å². The average Bonchev–Trinajstić information content (AvgIpc) is 2.45. The summed E-state index contributed by atoms with van der Waals surface area (Å²) in [5.41, 5.74) is 1.13. The van der Waals surface area contributed by atoms with E-state index in [1.54, 1.807) is 4.57 Å². The highest BCUT2D eigenvalue weighted by Gasteiger charge is 2.14. The fraction of sp³-hybridized carbons (Fsp3) is 0.636. The highest BCUT2D eigenvalue weighted by molar-refractivity contribution is 5.14. The fourth-order valence-corrected chi connectivity index (χ4v) is 2.27. The molecular formula is C11H16N2O2. The van der Waals surface area contributed by atoms with E-state index >= 15 is 0 Å². The van der Waals surface area contributed by atoms with Crippen molar-refractivity contribution in [1.29, 1.82) is 0 Å². The Morgan fingerprint density at radius 3 is 2.67 bits per heavy atom. The quantitative estimate of drug-likeness (QED) is 0.549. The molecule has 1 aliphatic carbocycles. The molecule has 1 N–H and O–H groups in total. The summed E-state index contributed by atoms with van der Waals surface area (Å²) in [7, 11) is 0. The molecule has 0 aliphatic heterocycles. The smallest absolute Gasteiger partial charge is 0.316 e. The Morgan fingerprint density at radius 2 is 1.93 bits per heavy atom. The number of hydrogen-bond acceptors (Lipinski definition) is 2. The lowest BCUT2D eigenvalue weighted by Crippen LogP contribution is -2.39. The molecule has 82 valence electrons. The van der Waals surface area contributed by atoms with Crippen molar-refractivity contribution in [3.8, 4) is 0 Å². The molecule has 0 amide bonds. The minimum Gasteiger partial charge on any atom is -0.320 e. The lowest BCUT2D eigenvalue weighted by atomic mass is 10.2. The number of aromatic amines is 1. The van der Waals surface area contributed by atoms with Gasteiger partial charge in [0.05, 0.1) is 0 Å². The number of nitrogens with one attached hydrogen (secondary N) is 1. The minimum absolute atomic E-state index is 0.404. The maximum absolute atomic E-state index is 11.6. The number of aromatic nitrogens is 2. The molecule has 0 aromatic carbocycles. The van der Waals surface area contributed by atoms with Gasteiger partial charge in [-0.05, 0) is 32.6 Å². The molecular weight excluding hydrogens is 192 g/mol. The summed E-state index contributed by atoms with van der Waals surface area (Å²) in [6, 6.07) is 0. The molecule has 1 aliphatic rings. The van der Waals surface area contributed by atoms with Gasteiger partial charge in [-0.15, -0.1) is 0 Å². The molecule has 0 spiro atoms. The molecule has 0 radical (unpaired) electrons. The molecule has 2 rings (SSSR count). The van der Waals surface area contributed by atoms with Gasteiger partial charge < -0.3 is 9.55 Å². The number of H-pyrrole nitrogens is 1. The van der Waals surface area contributed by atoms with Gasteiger partial charge in [0.25, 0.3) is 0 Å². The van der Waals surface area contributed by atoms with Gasteiger partial charge in [0.15, 0.2) is 0 Å². The van der Waals surface area contributed by atoms with Crippen molar-refractivity contribution in [3.05, 3.63) is 32.1 Å². The van der Waals surface area contributed by atoms with Gasteiger partial charge in [0.2, 0.25) is 0 Å². The largest absolute Gasteiger partial charge is 0.320 e. The lowest BCUT2D eigenvalue weighted by molar-refractivity contribution is 0.636. The minimum atomic E-state index is -0.475. The van der Waals surface area contributed by atoms with Gasteiger partial charge >= 0.3 is 11.1 Å². The van der Waals surface area contributed by atoms with Crippen LogP contribution in [0.25, 0.3) is 0 Å². The third-order valence-corrected chi connectivity index (χ3v) is 3.03. The first kappa shape index (κ1) is 10.2. The van der Waals surface area contributed by atoms with Crippen molar-refractivity contribution in [3.63, 3.8) is 0 Å². The fourth-order valence-electron chi connectivity index (χ4n) is 2.27. The third kappa shape index (κ3) is 1.76. The van der Waals surface area contributed by atoms with E-state index in [1.807, 2.05) is 6.92 Å².